The van der Waals surface area contributed by atoms with E-state index in [1.54, 1.807) is 12.1 Å². The fourth-order valence-corrected chi connectivity index (χ4v) is 5.46. The number of nitrogens with one attached hydrogen (secondary N) is 1. The zero-order chi connectivity index (χ0) is 27.9. The third kappa shape index (κ3) is 5.66. The highest BCUT2D eigenvalue weighted by molar-refractivity contribution is 7.92. The number of ether oxygens (including phenoxy) is 1. The lowest BCUT2D eigenvalue weighted by molar-refractivity contribution is -0.137. The van der Waals surface area contributed by atoms with Crippen molar-refractivity contribution in [2.75, 3.05) is 53.6 Å². The van der Waals surface area contributed by atoms with Crippen LogP contribution in [0.4, 0.5) is 30.2 Å². The molecule has 0 aromatic heterocycles. The number of alkyl halides is 3. The molecule has 5 rings (SSSR count). The molecule has 1 fully saturated rings. The number of anilines is 3. The van der Waals surface area contributed by atoms with Crippen LogP contribution in [0.2, 0.25) is 0 Å². The van der Waals surface area contributed by atoms with Crippen LogP contribution < -0.4 is 14.5 Å². The zero-order valence-corrected chi connectivity index (χ0v) is 21.8. The van der Waals surface area contributed by atoms with E-state index in [0.29, 0.717) is 67.3 Å². The fourth-order valence-electron chi connectivity index (χ4n) is 4.89. The molecule has 1 amide bonds. The number of aromatic hydroxyl groups is 1. The molecular formula is C27H26F3N3O5S. The number of hydrogen-bond donors (Lipinski definition) is 2. The third-order valence-electron chi connectivity index (χ3n) is 6.76. The number of halogens is 3. The van der Waals surface area contributed by atoms with Crippen LogP contribution in [-0.2, 0) is 27.4 Å². The summed E-state index contributed by atoms with van der Waals surface area (Å²) in [6.45, 7) is 2.07. The average Bonchev–Trinajstić information content (AvgIpc) is 2.89. The minimum atomic E-state index is -4.48. The highest BCUT2D eigenvalue weighted by atomic mass is 32.2. The Morgan fingerprint density at radius 1 is 0.949 bits per heavy atom. The van der Waals surface area contributed by atoms with Crippen LogP contribution in [0.3, 0.4) is 0 Å². The van der Waals surface area contributed by atoms with Crippen LogP contribution in [-0.4, -0.2) is 58.5 Å². The summed E-state index contributed by atoms with van der Waals surface area (Å²) in [6.07, 6.45) is -3.05. The van der Waals surface area contributed by atoms with Crippen molar-refractivity contribution >= 4 is 33.0 Å². The van der Waals surface area contributed by atoms with Gasteiger partial charge in [-0.15, -0.1) is 0 Å². The summed E-state index contributed by atoms with van der Waals surface area (Å²) in [4.78, 5) is 16.8. The number of phenols is 1. The van der Waals surface area contributed by atoms with Gasteiger partial charge in [0.25, 0.3) is 5.91 Å². The van der Waals surface area contributed by atoms with Gasteiger partial charge in [0.15, 0.2) is 0 Å². The van der Waals surface area contributed by atoms with Crippen LogP contribution >= 0.6 is 0 Å². The summed E-state index contributed by atoms with van der Waals surface area (Å²) in [5.74, 6) is -0.578. The Bertz CT molecular complexity index is 1540. The lowest BCUT2D eigenvalue weighted by atomic mass is 9.92. The molecule has 3 aromatic rings. The van der Waals surface area contributed by atoms with Crippen molar-refractivity contribution in [2.24, 2.45) is 0 Å². The van der Waals surface area contributed by atoms with Gasteiger partial charge in [-0.05, 0) is 53.9 Å². The SMILES string of the molecule is CS(=O)(=O)Nc1cc(N2CCc3cc(-c4ccc(C(F)(F)F)cc4N4CCOCC4)ccc3C2=O)ccc1O. The molecule has 39 heavy (non-hydrogen) atoms. The van der Waals surface area contributed by atoms with Crippen LogP contribution in [0.25, 0.3) is 11.1 Å². The highest BCUT2D eigenvalue weighted by Gasteiger charge is 2.32. The summed E-state index contributed by atoms with van der Waals surface area (Å²) in [5.41, 5.74) is 2.65. The smallest absolute Gasteiger partial charge is 0.416 e. The fraction of sp³-hybridized carbons (Fsp3) is 0.296. The minimum Gasteiger partial charge on any atom is -0.506 e. The lowest BCUT2D eigenvalue weighted by Gasteiger charge is -2.32. The van der Waals surface area contributed by atoms with E-state index in [2.05, 4.69) is 4.72 Å². The molecule has 1 saturated heterocycles. The summed E-state index contributed by atoms with van der Waals surface area (Å²) in [7, 11) is -3.65. The van der Waals surface area contributed by atoms with E-state index >= 15 is 0 Å². The Kier molecular flexibility index (Phi) is 6.93. The molecule has 0 saturated carbocycles. The number of morpholine rings is 1. The molecule has 0 bridgehead atoms. The Morgan fingerprint density at radius 2 is 1.67 bits per heavy atom. The minimum absolute atomic E-state index is 0.0399. The largest absolute Gasteiger partial charge is 0.506 e. The standard InChI is InChI=1S/C27H26F3N3O5S/c1-39(36,37)31-23-16-20(4-7-25(23)34)33-9-8-18-14-17(2-5-22(18)26(33)35)21-6-3-19(27(28,29)30)15-24(21)32-10-12-38-13-11-32/h2-7,14-16,31,34H,8-13H2,1H3. The number of rotatable bonds is 5. The first-order chi connectivity index (χ1) is 18.4. The summed E-state index contributed by atoms with van der Waals surface area (Å²) in [6, 6.07) is 13.2. The van der Waals surface area contributed by atoms with E-state index in [9.17, 15) is 31.5 Å². The quantitative estimate of drug-likeness (QED) is 0.446. The highest BCUT2D eigenvalue weighted by Crippen LogP contribution is 2.39. The van der Waals surface area contributed by atoms with E-state index in [0.717, 1.165) is 17.9 Å². The van der Waals surface area contributed by atoms with Crippen molar-refractivity contribution in [3.05, 3.63) is 71.3 Å². The molecule has 0 radical (unpaired) electrons. The molecule has 0 unspecified atom stereocenters. The molecule has 12 heteroatoms. The van der Waals surface area contributed by atoms with Gasteiger partial charge in [-0.25, -0.2) is 8.42 Å². The maximum atomic E-state index is 13.5. The van der Waals surface area contributed by atoms with Gasteiger partial charge in [-0.3, -0.25) is 9.52 Å². The number of amides is 1. The number of benzene rings is 3. The second-order valence-corrected chi connectivity index (χ2v) is 11.2. The van der Waals surface area contributed by atoms with Crippen LogP contribution in [0.15, 0.2) is 54.6 Å². The van der Waals surface area contributed by atoms with Crippen LogP contribution in [0.5, 0.6) is 5.75 Å². The van der Waals surface area contributed by atoms with Gasteiger partial charge < -0.3 is 19.6 Å². The predicted octanol–water partition coefficient (Wildman–Crippen LogP) is 4.49. The van der Waals surface area contributed by atoms with E-state index in [1.165, 1.54) is 35.2 Å². The van der Waals surface area contributed by atoms with Crippen molar-refractivity contribution in [3.8, 4) is 16.9 Å². The second-order valence-electron chi connectivity index (χ2n) is 9.48. The first-order valence-corrected chi connectivity index (χ1v) is 14.1. The Balaban J connectivity index is 1.48. The predicted molar refractivity (Wildman–Crippen MR) is 142 cm³/mol. The van der Waals surface area contributed by atoms with E-state index in [1.807, 2.05) is 11.0 Å². The Labute approximate surface area is 223 Å². The Hall–Kier alpha value is -3.77. The van der Waals surface area contributed by atoms with Gasteiger partial charge in [0.2, 0.25) is 10.0 Å². The van der Waals surface area contributed by atoms with Crippen molar-refractivity contribution in [2.45, 2.75) is 12.6 Å². The molecule has 2 heterocycles. The summed E-state index contributed by atoms with van der Waals surface area (Å²) < 4.78 is 71.4. The van der Waals surface area contributed by atoms with Crippen molar-refractivity contribution < 1.29 is 36.2 Å². The normalized spacial score (nSPS) is 16.3. The molecule has 3 aromatic carbocycles. The van der Waals surface area contributed by atoms with E-state index in [4.69, 9.17) is 4.74 Å². The molecule has 2 aliphatic rings. The number of hydrogen-bond acceptors (Lipinski definition) is 6. The first-order valence-electron chi connectivity index (χ1n) is 12.2. The lowest BCUT2D eigenvalue weighted by Crippen LogP contribution is -2.37. The van der Waals surface area contributed by atoms with Crippen molar-refractivity contribution in [1.29, 1.82) is 0 Å². The number of fused-ring (bicyclic) bond motifs is 1. The van der Waals surface area contributed by atoms with Gasteiger partial charge in [0.1, 0.15) is 5.75 Å². The number of nitrogens with zero attached hydrogens (tertiary/aromatic N) is 2. The van der Waals surface area contributed by atoms with Crippen molar-refractivity contribution in [3.63, 3.8) is 0 Å². The van der Waals surface area contributed by atoms with Gasteiger partial charge in [-0.2, -0.15) is 13.2 Å². The zero-order valence-electron chi connectivity index (χ0n) is 21.0. The van der Waals surface area contributed by atoms with Gasteiger partial charge in [-0.1, -0.05) is 18.2 Å². The average molecular weight is 562 g/mol. The van der Waals surface area contributed by atoms with Crippen molar-refractivity contribution in [1.82, 2.24) is 0 Å². The van der Waals surface area contributed by atoms with E-state index < -0.39 is 21.8 Å². The molecule has 0 spiro atoms. The maximum Gasteiger partial charge on any atom is 0.416 e. The first kappa shape index (κ1) is 26.8. The molecular weight excluding hydrogens is 535 g/mol. The topological polar surface area (TPSA) is 99.2 Å². The molecule has 0 aliphatic carbocycles. The van der Waals surface area contributed by atoms with Gasteiger partial charge in [0.05, 0.1) is 30.7 Å². The molecule has 206 valence electrons. The Morgan fingerprint density at radius 3 is 2.36 bits per heavy atom. The molecule has 8 nitrogen and oxygen atoms in total. The maximum absolute atomic E-state index is 13.5. The van der Waals surface area contributed by atoms with Gasteiger partial charge in [0, 0.05) is 42.1 Å². The number of phenolic OH excluding ortho intramolecular Hbond substituents is 1. The summed E-state index contributed by atoms with van der Waals surface area (Å²) >= 11 is 0. The molecule has 2 N–H and O–H groups in total. The second kappa shape index (κ2) is 10.1. The van der Waals surface area contributed by atoms with Gasteiger partial charge >= 0.3 is 6.18 Å². The molecule has 0 atom stereocenters. The number of sulfonamides is 1. The van der Waals surface area contributed by atoms with Crippen LogP contribution in [0, 0.1) is 0 Å². The number of carbonyl (C=O) groups excluding carboxylic acids is 1. The van der Waals surface area contributed by atoms with Crippen LogP contribution in [0.1, 0.15) is 21.5 Å². The van der Waals surface area contributed by atoms with E-state index in [-0.39, 0.29) is 17.3 Å². The third-order valence-corrected chi connectivity index (χ3v) is 7.35. The summed E-state index contributed by atoms with van der Waals surface area (Å²) in [5, 5.41) is 10.0. The number of carbonyl (C=O) groups is 1. The molecule has 2 aliphatic heterocycles. The monoisotopic (exact) mass is 561 g/mol.